The molecule has 0 amide bonds. The standard InChI is InChI=1S/C18H22N2S/c19-11-12-20(14-15-6-2-1-3-7-15)17-10-13-21-18-9-5-4-8-16(17)18/h1-9,17H,10-14,19H2. The van der Waals surface area contributed by atoms with Crippen LogP contribution in [0.2, 0.25) is 0 Å². The van der Waals surface area contributed by atoms with Gasteiger partial charge in [0.05, 0.1) is 0 Å². The first-order valence-corrected chi connectivity index (χ1v) is 8.57. The smallest absolute Gasteiger partial charge is 0.0371 e. The molecule has 1 atom stereocenters. The van der Waals surface area contributed by atoms with Crippen LogP contribution in [0, 0.1) is 0 Å². The van der Waals surface area contributed by atoms with Crippen LogP contribution in [-0.4, -0.2) is 23.7 Å². The first-order valence-electron chi connectivity index (χ1n) is 7.58. The van der Waals surface area contributed by atoms with E-state index < -0.39 is 0 Å². The van der Waals surface area contributed by atoms with Crippen molar-refractivity contribution in [1.29, 1.82) is 0 Å². The first-order chi connectivity index (χ1) is 10.4. The summed E-state index contributed by atoms with van der Waals surface area (Å²) in [5.41, 5.74) is 8.70. The van der Waals surface area contributed by atoms with E-state index in [9.17, 15) is 0 Å². The quantitative estimate of drug-likeness (QED) is 0.913. The maximum Gasteiger partial charge on any atom is 0.0371 e. The predicted octanol–water partition coefficient (Wildman–Crippen LogP) is 3.68. The van der Waals surface area contributed by atoms with Gasteiger partial charge in [-0.05, 0) is 29.4 Å². The van der Waals surface area contributed by atoms with Crippen LogP contribution in [0.3, 0.4) is 0 Å². The Morgan fingerprint density at radius 2 is 1.81 bits per heavy atom. The van der Waals surface area contributed by atoms with Crippen LogP contribution >= 0.6 is 11.8 Å². The predicted molar refractivity (Wildman–Crippen MR) is 90.4 cm³/mol. The van der Waals surface area contributed by atoms with E-state index in [4.69, 9.17) is 5.73 Å². The zero-order chi connectivity index (χ0) is 14.5. The van der Waals surface area contributed by atoms with Gasteiger partial charge >= 0.3 is 0 Å². The second-order valence-electron chi connectivity index (χ2n) is 5.44. The Balaban J connectivity index is 1.84. The third-order valence-electron chi connectivity index (χ3n) is 4.01. The molecule has 1 aliphatic heterocycles. The number of hydrogen-bond acceptors (Lipinski definition) is 3. The van der Waals surface area contributed by atoms with Crippen LogP contribution < -0.4 is 5.73 Å². The maximum atomic E-state index is 5.86. The lowest BCUT2D eigenvalue weighted by molar-refractivity contribution is 0.186. The highest BCUT2D eigenvalue weighted by Crippen LogP contribution is 2.39. The molecule has 1 unspecified atom stereocenters. The minimum Gasteiger partial charge on any atom is -0.329 e. The van der Waals surface area contributed by atoms with Crippen molar-refractivity contribution in [3.05, 3.63) is 65.7 Å². The highest BCUT2D eigenvalue weighted by molar-refractivity contribution is 7.99. The topological polar surface area (TPSA) is 29.3 Å². The molecule has 0 fully saturated rings. The lowest BCUT2D eigenvalue weighted by atomic mass is 10.0. The summed E-state index contributed by atoms with van der Waals surface area (Å²) in [6.45, 7) is 2.62. The number of benzene rings is 2. The van der Waals surface area contributed by atoms with Crippen molar-refractivity contribution in [2.45, 2.75) is 23.9 Å². The average molecular weight is 298 g/mol. The van der Waals surface area contributed by atoms with Crippen LogP contribution in [0.15, 0.2) is 59.5 Å². The highest BCUT2D eigenvalue weighted by Gasteiger charge is 2.25. The van der Waals surface area contributed by atoms with Gasteiger partial charge in [-0.3, -0.25) is 4.90 Å². The minimum atomic E-state index is 0.492. The minimum absolute atomic E-state index is 0.492. The molecular formula is C18H22N2S. The Labute approximate surface area is 131 Å². The molecule has 21 heavy (non-hydrogen) atoms. The Morgan fingerprint density at radius 3 is 2.62 bits per heavy atom. The molecule has 0 aliphatic carbocycles. The van der Waals surface area contributed by atoms with Gasteiger partial charge in [0, 0.05) is 30.6 Å². The molecule has 0 saturated heterocycles. The molecule has 2 N–H and O–H groups in total. The van der Waals surface area contributed by atoms with E-state index in [0.717, 1.165) is 13.1 Å². The summed E-state index contributed by atoms with van der Waals surface area (Å²) in [5, 5.41) is 0. The molecule has 2 nitrogen and oxygen atoms in total. The summed E-state index contributed by atoms with van der Waals surface area (Å²) in [4.78, 5) is 3.97. The summed E-state index contributed by atoms with van der Waals surface area (Å²) in [5.74, 6) is 1.19. The summed E-state index contributed by atoms with van der Waals surface area (Å²) >= 11 is 1.98. The fourth-order valence-corrected chi connectivity index (χ4v) is 4.14. The molecule has 110 valence electrons. The molecule has 0 aromatic heterocycles. The van der Waals surface area contributed by atoms with E-state index in [-0.39, 0.29) is 0 Å². The van der Waals surface area contributed by atoms with Crippen LogP contribution in [0.5, 0.6) is 0 Å². The number of fused-ring (bicyclic) bond motifs is 1. The molecule has 0 radical (unpaired) electrons. The van der Waals surface area contributed by atoms with Crippen molar-refractivity contribution < 1.29 is 0 Å². The number of hydrogen-bond donors (Lipinski definition) is 1. The van der Waals surface area contributed by atoms with Crippen molar-refractivity contribution in [2.24, 2.45) is 5.73 Å². The second kappa shape index (κ2) is 7.12. The number of thioether (sulfide) groups is 1. The Kier molecular flexibility index (Phi) is 4.96. The molecule has 0 bridgehead atoms. The molecule has 3 rings (SSSR count). The average Bonchev–Trinajstić information content (AvgIpc) is 2.55. The summed E-state index contributed by atoms with van der Waals surface area (Å²) in [6.07, 6.45) is 1.20. The SMILES string of the molecule is NCCN(Cc1ccccc1)C1CCSc2ccccc21. The summed E-state index contributed by atoms with van der Waals surface area (Å²) in [6, 6.07) is 20.0. The lowest BCUT2D eigenvalue weighted by Crippen LogP contribution is -2.34. The van der Waals surface area contributed by atoms with E-state index >= 15 is 0 Å². The van der Waals surface area contributed by atoms with Crippen LogP contribution in [0.25, 0.3) is 0 Å². The molecule has 1 aliphatic rings. The van der Waals surface area contributed by atoms with Gasteiger partial charge in [-0.25, -0.2) is 0 Å². The fourth-order valence-electron chi connectivity index (χ4n) is 3.03. The van der Waals surface area contributed by atoms with Crippen molar-refractivity contribution >= 4 is 11.8 Å². The molecule has 1 heterocycles. The third-order valence-corrected chi connectivity index (χ3v) is 5.14. The van der Waals surface area contributed by atoms with Crippen LogP contribution in [0.1, 0.15) is 23.6 Å². The van der Waals surface area contributed by atoms with Gasteiger partial charge in [-0.2, -0.15) is 0 Å². The monoisotopic (exact) mass is 298 g/mol. The van der Waals surface area contributed by atoms with E-state index in [1.54, 1.807) is 0 Å². The van der Waals surface area contributed by atoms with Crippen molar-refractivity contribution in [3.8, 4) is 0 Å². The molecule has 0 spiro atoms. The zero-order valence-corrected chi connectivity index (χ0v) is 13.1. The van der Waals surface area contributed by atoms with Gasteiger partial charge in [-0.1, -0.05) is 48.5 Å². The van der Waals surface area contributed by atoms with Crippen LogP contribution in [0.4, 0.5) is 0 Å². The molecule has 0 saturated carbocycles. The van der Waals surface area contributed by atoms with Gasteiger partial charge in [0.15, 0.2) is 0 Å². The Morgan fingerprint density at radius 1 is 1.05 bits per heavy atom. The highest BCUT2D eigenvalue weighted by atomic mass is 32.2. The van der Waals surface area contributed by atoms with Gasteiger partial charge in [0.2, 0.25) is 0 Å². The molecule has 2 aromatic rings. The lowest BCUT2D eigenvalue weighted by Gasteiger charge is -2.35. The van der Waals surface area contributed by atoms with E-state index in [1.165, 1.54) is 28.2 Å². The van der Waals surface area contributed by atoms with Crippen LogP contribution in [-0.2, 0) is 6.54 Å². The Bertz CT molecular complexity index is 570. The van der Waals surface area contributed by atoms with Gasteiger partial charge in [0.1, 0.15) is 0 Å². The maximum absolute atomic E-state index is 5.86. The van der Waals surface area contributed by atoms with Crippen molar-refractivity contribution in [2.75, 3.05) is 18.8 Å². The largest absolute Gasteiger partial charge is 0.329 e. The van der Waals surface area contributed by atoms with Gasteiger partial charge in [-0.15, -0.1) is 11.8 Å². The normalized spacial score (nSPS) is 17.7. The van der Waals surface area contributed by atoms with E-state index in [1.807, 2.05) is 11.8 Å². The number of nitrogens with two attached hydrogens (primary N) is 1. The first kappa shape index (κ1) is 14.6. The summed E-state index contributed by atoms with van der Waals surface area (Å²) < 4.78 is 0. The summed E-state index contributed by atoms with van der Waals surface area (Å²) in [7, 11) is 0. The second-order valence-corrected chi connectivity index (χ2v) is 6.57. The van der Waals surface area contributed by atoms with Gasteiger partial charge < -0.3 is 5.73 Å². The van der Waals surface area contributed by atoms with E-state index in [0.29, 0.717) is 12.6 Å². The fraction of sp³-hybridized carbons (Fsp3) is 0.333. The molecule has 3 heteroatoms. The van der Waals surface area contributed by atoms with E-state index in [2.05, 4.69) is 59.5 Å². The van der Waals surface area contributed by atoms with Gasteiger partial charge in [0.25, 0.3) is 0 Å². The van der Waals surface area contributed by atoms with Crippen molar-refractivity contribution in [3.63, 3.8) is 0 Å². The molecular weight excluding hydrogens is 276 g/mol. The Hall–Kier alpha value is -1.29. The molecule has 2 aromatic carbocycles. The van der Waals surface area contributed by atoms with Crippen molar-refractivity contribution in [1.82, 2.24) is 4.90 Å². The number of nitrogens with zero attached hydrogens (tertiary/aromatic N) is 1. The third kappa shape index (κ3) is 3.49. The zero-order valence-electron chi connectivity index (χ0n) is 12.2. The number of rotatable bonds is 5.